The van der Waals surface area contributed by atoms with Crippen LogP contribution in [0.2, 0.25) is 0 Å². The number of benzene rings is 1. The summed E-state index contributed by atoms with van der Waals surface area (Å²) in [6.07, 6.45) is 5.47. The van der Waals surface area contributed by atoms with Crippen molar-refractivity contribution >= 4 is 5.69 Å². The molecule has 0 radical (unpaired) electrons. The van der Waals surface area contributed by atoms with Gasteiger partial charge in [-0.25, -0.2) is 4.39 Å². The number of nitrogens with one attached hydrogen (secondary N) is 1. The van der Waals surface area contributed by atoms with Gasteiger partial charge in [0.2, 0.25) is 0 Å². The standard InChI is InChI=1S/C15H17FN2/c16-14-5-11(8-17)6-15(7-14)18-9-13-4-10-1-2-12(13)3-10/h5-7,10,12-13,18H,1-4,9H2. The molecule has 1 aromatic rings. The maximum absolute atomic E-state index is 13.3. The molecule has 1 N–H and O–H groups in total. The van der Waals surface area contributed by atoms with Gasteiger partial charge in [-0.15, -0.1) is 0 Å². The molecule has 18 heavy (non-hydrogen) atoms. The Morgan fingerprint density at radius 3 is 2.83 bits per heavy atom. The molecule has 0 aromatic heterocycles. The first-order valence-corrected chi connectivity index (χ1v) is 6.69. The van der Waals surface area contributed by atoms with E-state index in [0.717, 1.165) is 30.0 Å². The van der Waals surface area contributed by atoms with Crippen LogP contribution in [-0.4, -0.2) is 6.54 Å². The molecule has 2 aliphatic rings. The van der Waals surface area contributed by atoms with E-state index in [0.29, 0.717) is 5.56 Å². The van der Waals surface area contributed by atoms with Crippen molar-refractivity contribution < 1.29 is 4.39 Å². The van der Waals surface area contributed by atoms with Gasteiger partial charge >= 0.3 is 0 Å². The Balaban J connectivity index is 1.63. The fourth-order valence-corrected chi connectivity index (χ4v) is 3.63. The molecule has 0 heterocycles. The Morgan fingerprint density at radius 1 is 1.28 bits per heavy atom. The summed E-state index contributed by atoms with van der Waals surface area (Å²) in [7, 11) is 0. The van der Waals surface area contributed by atoms with Gasteiger partial charge in [-0.05, 0) is 55.2 Å². The van der Waals surface area contributed by atoms with Crippen LogP contribution in [0.1, 0.15) is 31.2 Å². The smallest absolute Gasteiger partial charge is 0.126 e. The lowest BCUT2D eigenvalue weighted by Crippen LogP contribution is -2.20. The third-order valence-corrected chi connectivity index (χ3v) is 4.48. The van der Waals surface area contributed by atoms with Crippen molar-refractivity contribution in [3.05, 3.63) is 29.6 Å². The van der Waals surface area contributed by atoms with Crippen molar-refractivity contribution in [2.75, 3.05) is 11.9 Å². The molecule has 1 aromatic carbocycles. The predicted octanol–water partition coefficient (Wildman–Crippen LogP) is 3.55. The van der Waals surface area contributed by atoms with E-state index in [4.69, 9.17) is 5.26 Å². The minimum absolute atomic E-state index is 0.343. The quantitative estimate of drug-likeness (QED) is 0.882. The molecular formula is C15H17FN2. The normalized spacial score (nSPS) is 29.2. The highest BCUT2D eigenvalue weighted by Crippen LogP contribution is 2.48. The van der Waals surface area contributed by atoms with E-state index >= 15 is 0 Å². The maximum atomic E-state index is 13.3. The van der Waals surface area contributed by atoms with Crippen LogP contribution in [0.3, 0.4) is 0 Å². The predicted molar refractivity (Wildman–Crippen MR) is 68.5 cm³/mol. The molecule has 3 heteroatoms. The zero-order valence-corrected chi connectivity index (χ0v) is 10.3. The molecule has 2 aliphatic carbocycles. The molecule has 2 nitrogen and oxygen atoms in total. The summed E-state index contributed by atoms with van der Waals surface area (Å²) < 4.78 is 13.3. The first-order valence-electron chi connectivity index (χ1n) is 6.69. The van der Waals surface area contributed by atoms with E-state index in [-0.39, 0.29) is 5.82 Å². The van der Waals surface area contributed by atoms with E-state index in [2.05, 4.69) is 5.32 Å². The Hall–Kier alpha value is -1.56. The molecule has 3 unspecified atom stereocenters. The number of fused-ring (bicyclic) bond motifs is 2. The second kappa shape index (κ2) is 4.61. The first-order chi connectivity index (χ1) is 8.74. The van der Waals surface area contributed by atoms with Crippen LogP contribution in [0.25, 0.3) is 0 Å². The van der Waals surface area contributed by atoms with E-state index in [1.807, 2.05) is 6.07 Å². The van der Waals surface area contributed by atoms with Gasteiger partial charge in [-0.1, -0.05) is 6.42 Å². The van der Waals surface area contributed by atoms with Gasteiger partial charge in [-0.3, -0.25) is 0 Å². The van der Waals surface area contributed by atoms with Crippen LogP contribution in [0.5, 0.6) is 0 Å². The zero-order chi connectivity index (χ0) is 12.5. The molecule has 0 saturated heterocycles. The van der Waals surface area contributed by atoms with Gasteiger partial charge < -0.3 is 5.32 Å². The van der Waals surface area contributed by atoms with Crippen molar-refractivity contribution in [3.8, 4) is 6.07 Å². The fourth-order valence-electron chi connectivity index (χ4n) is 3.63. The first kappa shape index (κ1) is 11.5. The maximum Gasteiger partial charge on any atom is 0.126 e. The lowest BCUT2D eigenvalue weighted by molar-refractivity contribution is 0.348. The topological polar surface area (TPSA) is 35.8 Å². The van der Waals surface area contributed by atoms with Crippen molar-refractivity contribution in [3.63, 3.8) is 0 Å². The summed E-state index contributed by atoms with van der Waals surface area (Å²) in [5, 5.41) is 12.1. The molecule has 3 rings (SSSR count). The number of nitrogens with zero attached hydrogens (tertiary/aromatic N) is 1. The SMILES string of the molecule is N#Cc1cc(F)cc(NCC2CC3CCC2C3)c1. The number of anilines is 1. The average molecular weight is 244 g/mol. The van der Waals surface area contributed by atoms with Crippen LogP contribution in [0, 0.1) is 34.9 Å². The lowest BCUT2D eigenvalue weighted by Gasteiger charge is -2.22. The molecule has 0 aliphatic heterocycles. The highest BCUT2D eigenvalue weighted by Gasteiger charge is 2.38. The largest absolute Gasteiger partial charge is 0.385 e. The van der Waals surface area contributed by atoms with E-state index in [9.17, 15) is 4.39 Å². The molecule has 3 atom stereocenters. The third kappa shape index (κ3) is 2.20. The van der Waals surface area contributed by atoms with Crippen LogP contribution in [0.4, 0.5) is 10.1 Å². The molecule has 2 bridgehead atoms. The van der Waals surface area contributed by atoms with Gasteiger partial charge in [0, 0.05) is 12.2 Å². The molecule has 0 spiro atoms. The van der Waals surface area contributed by atoms with E-state index in [1.165, 1.54) is 37.8 Å². The van der Waals surface area contributed by atoms with Gasteiger partial charge in [0.15, 0.2) is 0 Å². The second-order valence-corrected chi connectivity index (χ2v) is 5.66. The summed E-state index contributed by atoms with van der Waals surface area (Å²) >= 11 is 0. The van der Waals surface area contributed by atoms with Crippen molar-refractivity contribution in [1.82, 2.24) is 0 Å². The molecule has 2 fully saturated rings. The molecule has 0 amide bonds. The number of rotatable bonds is 3. The fraction of sp³-hybridized carbons (Fsp3) is 0.533. The van der Waals surface area contributed by atoms with Crippen LogP contribution in [0.15, 0.2) is 18.2 Å². The highest BCUT2D eigenvalue weighted by atomic mass is 19.1. The second-order valence-electron chi connectivity index (χ2n) is 5.66. The summed E-state index contributed by atoms with van der Waals surface area (Å²) in [5.41, 5.74) is 1.11. The summed E-state index contributed by atoms with van der Waals surface area (Å²) in [4.78, 5) is 0. The highest BCUT2D eigenvalue weighted by molar-refractivity contribution is 5.49. The summed E-state index contributed by atoms with van der Waals surface area (Å²) in [6, 6.07) is 6.43. The Kier molecular flexibility index (Phi) is 2.95. The van der Waals surface area contributed by atoms with Gasteiger partial charge in [0.05, 0.1) is 11.6 Å². The Bertz CT molecular complexity index is 492. The molecular weight excluding hydrogens is 227 g/mol. The van der Waals surface area contributed by atoms with Crippen molar-refractivity contribution in [2.45, 2.75) is 25.7 Å². The van der Waals surface area contributed by atoms with Crippen molar-refractivity contribution in [2.24, 2.45) is 17.8 Å². The Morgan fingerprint density at radius 2 is 2.17 bits per heavy atom. The summed E-state index contributed by atoms with van der Waals surface area (Å²) in [6.45, 7) is 0.912. The number of hydrogen-bond acceptors (Lipinski definition) is 2. The number of hydrogen-bond donors (Lipinski definition) is 1. The van der Waals surface area contributed by atoms with Crippen LogP contribution < -0.4 is 5.32 Å². The lowest BCUT2D eigenvalue weighted by atomic mass is 9.89. The zero-order valence-electron chi connectivity index (χ0n) is 10.3. The van der Waals surface area contributed by atoms with Crippen molar-refractivity contribution in [1.29, 1.82) is 5.26 Å². The molecule has 94 valence electrons. The van der Waals surface area contributed by atoms with Crippen LogP contribution >= 0.6 is 0 Å². The van der Waals surface area contributed by atoms with Gasteiger partial charge in [-0.2, -0.15) is 5.26 Å². The van der Waals surface area contributed by atoms with Gasteiger partial charge in [0.25, 0.3) is 0 Å². The minimum Gasteiger partial charge on any atom is -0.385 e. The monoisotopic (exact) mass is 244 g/mol. The average Bonchev–Trinajstić information content (AvgIpc) is 2.97. The van der Waals surface area contributed by atoms with E-state index < -0.39 is 0 Å². The Labute approximate surface area is 107 Å². The number of nitriles is 1. The summed E-state index contributed by atoms with van der Waals surface area (Å²) in [5.74, 6) is 2.19. The minimum atomic E-state index is -0.343. The van der Waals surface area contributed by atoms with Crippen LogP contribution in [-0.2, 0) is 0 Å². The van der Waals surface area contributed by atoms with E-state index in [1.54, 1.807) is 6.07 Å². The molecule has 2 saturated carbocycles. The van der Waals surface area contributed by atoms with Gasteiger partial charge in [0.1, 0.15) is 5.82 Å². The third-order valence-electron chi connectivity index (χ3n) is 4.48. The number of halogens is 1.